The number of nitrogens with two attached hydrogens (primary N) is 1. The van der Waals surface area contributed by atoms with Gasteiger partial charge in [0.2, 0.25) is 0 Å². The lowest BCUT2D eigenvalue weighted by molar-refractivity contribution is -0.0293. The predicted octanol–water partition coefficient (Wildman–Crippen LogP) is -1.20. The lowest BCUT2D eigenvalue weighted by Gasteiger charge is -2.18. The van der Waals surface area contributed by atoms with E-state index in [1.807, 2.05) is 0 Å². The van der Waals surface area contributed by atoms with Crippen molar-refractivity contribution in [3.63, 3.8) is 0 Å². The molecule has 1 unspecified atom stereocenters. The lowest BCUT2D eigenvalue weighted by Crippen LogP contribution is -2.35. The molecule has 2 aliphatic heterocycles. The van der Waals surface area contributed by atoms with Gasteiger partial charge in [0.25, 0.3) is 0 Å². The van der Waals surface area contributed by atoms with E-state index in [1.54, 1.807) is 0 Å². The highest BCUT2D eigenvalue weighted by atomic mass is 31.2. The number of rotatable bonds is 4. The number of phosphoric acid groups is 1. The molecule has 2 aliphatic rings. The molecule has 0 radical (unpaired) electrons. The second-order valence-electron chi connectivity index (χ2n) is 5.06. The summed E-state index contributed by atoms with van der Waals surface area (Å²) in [4.78, 5) is 25.2. The van der Waals surface area contributed by atoms with E-state index in [0.717, 1.165) is 0 Å². The van der Waals surface area contributed by atoms with Gasteiger partial charge in [0.1, 0.15) is 42.5 Å². The van der Waals surface area contributed by atoms with Crippen LogP contribution in [0.2, 0.25) is 0 Å². The number of aliphatic hydroxyl groups excluding tert-OH is 2. The largest absolute Gasteiger partial charge is 0.469 e. The Labute approximate surface area is 129 Å². The van der Waals surface area contributed by atoms with Crippen LogP contribution in [-0.2, 0) is 13.8 Å². The van der Waals surface area contributed by atoms with E-state index < -0.39 is 44.9 Å². The Morgan fingerprint density at radius 3 is 2.74 bits per heavy atom. The van der Waals surface area contributed by atoms with Gasteiger partial charge in [-0.25, -0.2) is 14.5 Å². The molecule has 0 aromatic carbocycles. The number of anilines is 1. The van der Waals surface area contributed by atoms with Crippen LogP contribution < -0.4 is 5.73 Å². The monoisotopic (exact) mass is 347 g/mol. The summed E-state index contributed by atoms with van der Waals surface area (Å²) in [7, 11) is -4.72. The Morgan fingerprint density at radius 2 is 2.04 bits per heavy atom. The zero-order valence-electron chi connectivity index (χ0n) is 11.5. The summed E-state index contributed by atoms with van der Waals surface area (Å²) in [6.45, 7) is -0.596. The number of aliphatic hydroxyl groups is 2. The number of azo groups is 1. The molecule has 0 bridgehead atoms. The Bertz CT molecular complexity index is 682. The summed E-state index contributed by atoms with van der Waals surface area (Å²) in [5.41, 5.74) is 6.25. The van der Waals surface area contributed by atoms with E-state index in [1.165, 1.54) is 6.33 Å². The Hall–Kier alpha value is -1.53. The number of fused-ring (bicyclic) bond motifs is 1. The third-order valence-electron chi connectivity index (χ3n) is 3.56. The first-order valence-electron chi connectivity index (χ1n) is 6.51. The van der Waals surface area contributed by atoms with Crippen LogP contribution in [-0.4, -0.2) is 61.0 Å². The highest BCUT2D eigenvalue weighted by molar-refractivity contribution is 7.46. The van der Waals surface area contributed by atoms with Gasteiger partial charge in [-0.2, -0.15) is 5.11 Å². The molecule has 0 saturated carbocycles. The van der Waals surface area contributed by atoms with Crippen LogP contribution >= 0.6 is 7.82 Å². The van der Waals surface area contributed by atoms with E-state index in [9.17, 15) is 14.8 Å². The fraction of sp³-hybridized carbons (Fsp3) is 0.600. The number of phosphoric ester groups is 1. The van der Waals surface area contributed by atoms with E-state index >= 15 is 0 Å². The molecule has 126 valence electrons. The fourth-order valence-electron chi connectivity index (χ4n) is 2.47. The van der Waals surface area contributed by atoms with Crippen molar-refractivity contribution in [2.45, 2.75) is 30.5 Å². The molecule has 1 fully saturated rings. The van der Waals surface area contributed by atoms with Gasteiger partial charge in [-0.05, 0) is 0 Å². The first kappa shape index (κ1) is 16.3. The van der Waals surface area contributed by atoms with Crippen LogP contribution in [0, 0.1) is 0 Å². The van der Waals surface area contributed by atoms with Crippen molar-refractivity contribution >= 4 is 19.3 Å². The van der Waals surface area contributed by atoms with E-state index in [2.05, 4.69) is 24.7 Å². The number of nitrogen functional groups attached to an aromatic ring is 1. The zero-order chi connectivity index (χ0) is 16.8. The normalized spacial score (nSPS) is 33.1. The number of hydrogen-bond donors (Lipinski definition) is 5. The molecule has 13 heteroatoms. The maximum Gasteiger partial charge on any atom is 0.469 e. The maximum atomic E-state index is 10.7. The van der Waals surface area contributed by atoms with E-state index in [-0.39, 0.29) is 11.5 Å². The third-order valence-corrected chi connectivity index (χ3v) is 4.04. The summed E-state index contributed by atoms with van der Waals surface area (Å²) in [5, 5.41) is 27.8. The van der Waals surface area contributed by atoms with Gasteiger partial charge < -0.3 is 30.5 Å². The Morgan fingerprint density at radius 1 is 1.30 bits per heavy atom. The molecule has 3 rings (SSSR count). The molecule has 1 aromatic rings. The maximum absolute atomic E-state index is 10.7. The highest BCUT2D eigenvalue weighted by Crippen LogP contribution is 2.44. The number of nitrogens with zero attached hydrogens (tertiary/aromatic N) is 4. The average molecular weight is 347 g/mol. The summed E-state index contributed by atoms with van der Waals surface area (Å²) < 4.78 is 20.5. The molecule has 3 heterocycles. The number of hydrogen-bond acceptors (Lipinski definition) is 10. The minimum Gasteiger partial charge on any atom is -0.388 e. The first-order chi connectivity index (χ1) is 10.8. The smallest absolute Gasteiger partial charge is 0.388 e. The van der Waals surface area contributed by atoms with Crippen molar-refractivity contribution in [1.82, 2.24) is 9.97 Å². The van der Waals surface area contributed by atoms with Crippen molar-refractivity contribution in [3.8, 4) is 0 Å². The standard InChI is InChI=1S/C10H14N5O7P/c11-10-6-4(12-2-13-10)5(14-15-6)9-8(17)7(16)3(22-9)1-21-23(18,19)20/h2-3,5,7-9,16-17H,1H2,(H2,11,12,13)(H2,18,19,20)/t3-,5?,7-,8+,9+/m1/s1. The minimum atomic E-state index is -4.72. The summed E-state index contributed by atoms with van der Waals surface area (Å²) in [5.74, 6) is 0.121. The predicted molar refractivity (Wildman–Crippen MR) is 72.4 cm³/mol. The van der Waals surface area contributed by atoms with E-state index in [4.69, 9.17) is 20.3 Å². The molecule has 6 N–H and O–H groups in total. The number of ether oxygens (including phenoxy) is 1. The average Bonchev–Trinajstić information content (AvgIpc) is 3.01. The summed E-state index contributed by atoms with van der Waals surface area (Å²) in [6.07, 6.45) is -3.73. The van der Waals surface area contributed by atoms with Crippen LogP contribution in [0.3, 0.4) is 0 Å². The van der Waals surface area contributed by atoms with Crippen LogP contribution in [0.15, 0.2) is 16.6 Å². The quantitative estimate of drug-likeness (QED) is 0.413. The number of aromatic nitrogens is 2. The SMILES string of the molecule is Nc1ncnc2c1N=NC2[C@@H]1O[C@H](COP(=O)(O)O)[C@@H](O)[C@@H]1O. The molecule has 12 nitrogen and oxygen atoms in total. The Balaban J connectivity index is 1.77. The molecule has 0 spiro atoms. The lowest BCUT2D eigenvalue weighted by atomic mass is 10.00. The van der Waals surface area contributed by atoms with Crippen molar-refractivity contribution < 1.29 is 33.8 Å². The molecule has 0 aliphatic carbocycles. The van der Waals surface area contributed by atoms with Crippen molar-refractivity contribution in [2.24, 2.45) is 10.2 Å². The second kappa shape index (κ2) is 5.83. The molecule has 1 aromatic heterocycles. The van der Waals surface area contributed by atoms with Crippen molar-refractivity contribution in [3.05, 3.63) is 12.0 Å². The van der Waals surface area contributed by atoms with Crippen LogP contribution in [0.5, 0.6) is 0 Å². The van der Waals surface area contributed by atoms with Gasteiger partial charge in [-0.15, -0.1) is 5.11 Å². The molecule has 1 saturated heterocycles. The second-order valence-corrected chi connectivity index (χ2v) is 6.30. The first-order valence-corrected chi connectivity index (χ1v) is 8.04. The molecular formula is C10H14N5O7P. The fourth-order valence-corrected chi connectivity index (χ4v) is 2.81. The molecule has 23 heavy (non-hydrogen) atoms. The minimum absolute atomic E-state index is 0.121. The van der Waals surface area contributed by atoms with Gasteiger partial charge in [0.05, 0.1) is 6.61 Å². The van der Waals surface area contributed by atoms with Crippen molar-refractivity contribution in [1.29, 1.82) is 0 Å². The van der Waals surface area contributed by atoms with Gasteiger partial charge in [0, 0.05) is 0 Å². The molecule has 0 amide bonds. The topological polar surface area (TPSA) is 193 Å². The van der Waals surface area contributed by atoms with Gasteiger partial charge in [0.15, 0.2) is 11.5 Å². The molecule has 5 atom stereocenters. The zero-order valence-corrected chi connectivity index (χ0v) is 12.4. The van der Waals surface area contributed by atoms with Gasteiger partial charge in [-0.1, -0.05) is 0 Å². The highest BCUT2D eigenvalue weighted by Gasteiger charge is 2.49. The van der Waals surface area contributed by atoms with Crippen LogP contribution in [0.25, 0.3) is 0 Å². The van der Waals surface area contributed by atoms with E-state index in [0.29, 0.717) is 5.69 Å². The van der Waals surface area contributed by atoms with Crippen LogP contribution in [0.1, 0.15) is 11.7 Å². The summed E-state index contributed by atoms with van der Waals surface area (Å²) in [6, 6.07) is -0.819. The Kier molecular flexibility index (Phi) is 4.14. The van der Waals surface area contributed by atoms with Crippen LogP contribution in [0.4, 0.5) is 11.5 Å². The van der Waals surface area contributed by atoms with Gasteiger partial charge >= 0.3 is 7.82 Å². The third kappa shape index (κ3) is 3.10. The summed E-state index contributed by atoms with van der Waals surface area (Å²) >= 11 is 0. The molecular weight excluding hydrogens is 333 g/mol. The van der Waals surface area contributed by atoms with Crippen molar-refractivity contribution in [2.75, 3.05) is 12.3 Å². The van der Waals surface area contributed by atoms with Gasteiger partial charge in [-0.3, -0.25) is 4.52 Å².